The van der Waals surface area contributed by atoms with Crippen molar-refractivity contribution in [1.29, 1.82) is 0 Å². The van der Waals surface area contributed by atoms with Crippen molar-refractivity contribution in [2.24, 2.45) is 0 Å². The van der Waals surface area contributed by atoms with Crippen LogP contribution in [0.4, 0.5) is 10.1 Å². The summed E-state index contributed by atoms with van der Waals surface area (Å²) in [6.45, 7) is 0. The molecule has 2 aromatic rings. The summed E-state index contributed by atoms with van der Waals surface area (Å²) < 4.78 is 13.4. The summed E-state index contributed by atoms with van der Waals surface area (Å²) in [6, 6.07) is 12.1. The van der Waals surface area contributed by atoms with Crippen molar-refractivity contribution in [1.82, 2.24) is 0 Å². The Morgan fingerprint density at radius 1 is 1.05 bits per heavy atom. The van der Waals surface area contributed by atoms with Crippen molar-refractivity contribution < 1.29 is 19.1 Å². The van der Waals surface area contributed by atoms with Crippen molar-refractivity contribution in [2.45, 2.75) is 6.42 Å². The molecule has 20 heavy (non-hydrogen) atoms. The van der Waals surface area contributed by atoms with Gasteiger partial charge in [-0.25, -0.2) is 4.39 Å². The van der Waals surface area contributed by atoms with Gasteiger partial charge in [0.25, 0.3) is 5.91 Å². The molecule has 0 unspecified atom stereocenters. The third-order valence-corrected chi connectivity index (χ3v) is 2.69. The number of carboxylic acids is 1. The molecular formula is C15H12FNO3. The van der Waals surface area contributed by atoms with E-state index in [0.717, 1.165) is 0 Å². The van der Waals surface area contributed by atoms with Crippen LogP contribution in [0.25, 0.3) is 0 Å². The zero-order valence-electron chi connectivity index (χ0n) is 10.5. The normalized spacial score (nSPS) is 10.1. The Bertz CT molecular complexity index is 638. The van der Waals surface area contributed by atoms with E-state index in [4.69, 9.17) is 5.11 Å². The van der Waals surface area contributed by atoms with E-state index in [1.54, 1.807) is 30.3 Å². The Balaban J connectivity index is 2.09. The van der Waals surface area contributed by atoms with E-state index < -0.39 is 17.7 Å². The summed E-state index contributed by atoms with van der Waals surface area (Å²) in [5, 5.41) is 11.2. The van der Waals surface area contributed by atoms with Crippen LogP contribution in [0, 0.1) is 5.82 Å². The number of halogens is 1. The molecule has 0 bridgehead atoms. The molecule has 2 rings (SSSR count). The monoisotopic (exact) mass is 273 g/mol. The van der Waals surface area contributed by atoms with Gasteiger partial charge in [0.2, 0.25) is 0 Å². The second-order valence-electron chi connectivity index (χ2n) is 4.20. The number of carboxylic acid groups (broad SMARTS) is 1. The predicted molar refractivity (Wildman–Crippen MR) is 72.1 cm³/mol. The van der Waals surface area contributed by atoms with Crippen molar-refractivity contribution in [3.05, 3.63) is 65.5 Å². The van der Waals surface area contributed by atoms with Gasteiger partial charge in [0.15, 0.2) is 0 Å². The van der Waals surface area contributed by atoms with Gasteiger partial charge in [-0.15, -0.1) is 0 Å². The van der Waals surface area contributed by atoms with Crippen LogP contribution in [0.3, 0.4) is 0 Å². The lowest BCUT2D eigenvalue weighted by Crippen LogP contribution is -2.13. The first-order valence-corrected chi connectivity index (χ1v) is 5.93. The molecule has 0 radical (unpaired) electrons. The first-order valence-electron chi connectivity index (χ1n) is 5.93. The Labute approximate surface area is 114 Å². The Morgan fingerprint density at radius 3 is 2.30 bits per heavy atom. The minimum atomic E-state index is -0.923. The molecule has 0 saturated carbocycles. The van der Waals surface area contributed by atoms with Gasteiger partial charge in [-0.1, -0.05) is 24.3 Å². The van der Waals surface area contributed by atoms with Gasteiger partial charge in [0, 0.05) is 5.69 Å². The lowest BCUT2D eigenvalue weighted by Gasteiger charge is -2.06. The number of hydrogen-bond donors (Lipinski definition) is 2. The Kier molecular flexibility index (Phi) is 4.10. The van der Waals surface area contributed by atoms with E-state index in [2.05, 4.69) is 5.32 Å². The maximum absolute atomic E-state index is 13.4. The van der Waals surface area contributed by atoms with Crippen LogP contribution in [0.15, 0.2) is 48.5 Å². The molecule has 0 fully saturated rings. The number of nitrogens with one attached hydrogen (secondary N) is 1. The average molecular weight is 273 g/mol. The van der Waals surface area contributed by atoms with Gasteiger partial charge in [-0.05, 0) is 29.8 Å². The van der Waals surface area contributed by atoms with Gasteiger partial charge in [0.05, 0.1) is 12.0 Å². The largest absolute Gasteiger partial charge is 0.481 e. The zero-order chi connectivity index (χ0) is 14.5. The molecule has 1 amide bonds. The van der Waals surface area contributed by atoms with Crippen LogP contribution in [0.5, 0.6) is 0 Å². The number of hydrogen-bond acceptors (Lipinski definition) is 2. The predicted octanol–water partition coefficient (Wildman–Crippen LogP) is 2.71. The fourth-order valence-electron chi connectivity index (χ4n) is 1.72. The number of carbonyl (C=O) groups is 2. The van der Waals surface area contributed by atoms with Gasteiger partial charge in [-0.3, -0.25) is 9.59 Å². The highest BCUT2D eigenvalue weighted by atomic mass is 19.1. The third kappa shape index (κ3) is 3.41. The molecule has 0 saturated heterocycles. The first-order chi connectivity index (χ1) is 9.56. The summed E-state index contributed by atoms with van der Waals surface area (Å²) in [5.41, 5.74) is 1.07. The highest BCUT2D eigenvalue weighted by Gasteiger charge is 2.10. The van der Waals surface area contributed by atoms with E-state index >= 15 is 0 Å². The number of rotatable bonds is 4. The van der Waals surface area contributed by atoms with E-state index in [0.29, 0.717) is 11.3 Å². The summed E-state index contributed by atoms with van der Waals surface area (Å²) in [4.78, 5) is 22.4. The van der Waals surface area contributed by atoms with E-state index in [1.807, 2.05) is 0 Å². The lowest BCUT2D eigenvalue weighted by molar-refractivity contribution is -0.136. The highest BCUT2D eigenvalue weighted by Crippen LogP contribution is 2.13. The molecule has 0 atom stereocenters. The molecule has 4 nitrogen and oxygen atoms in total. The highest BCUT2D eigenvalue weighted by molar-refractivity contribution is 6.04. The molecular weight excluding hydrogens is 261 g/mol. The fourth-order valence-corrected chi connectivity index (χ4v) is 1.72. The van der Waals surface area contributed by atoms with Crippen LogP contribution in [-0.2, 0) is 11.2 Å². The van der Waals surface area contributed by atoms with Gasteiger partial charge >= 0.3 is 5.97 Å². The number of carbonyl (C=O) groups excluding carboxylic acids is 1. The Morgan fingerprint density at radius 2 is 1.70 bits per heavy atom. The fraction of sp³-hybridized carbons (Fsp3) is 0.0667. The summed E-state index contributed by atoms with van der Waals surface area (Å²) in [6.07, 6.45) is -0.0818. The topological polar surface area (TPSA) is 66.4 Å². The first kappa shape index (κ1) is 13.7. The van der Waals surface area contributed by atoms with Crippen LogP contribution in [0.2, 0.25) is 0 Å². The quantitative estimate of drug-likeness (QED) is 0.900. The van der Waals surface area contributed by atoms with Crippen LogP contribution >= 0.6 is 0 Å². The lowest BCUT2D eigenvalue weighted by atomic mass is 10.1. The molecule has 102 valence electrons. The molecule has 5 heteroatoms. The van der Waals surface area contributed by atoms with Crippen LogP contribution in [0.1, 0.15) is 15.9 Å². The molecule has 0 aromatic heterocycles. The van der Waals surface area contributed by atoms with Crippen molar-refractivity contribution in [2.75, 3.05) is 5.32 Å². The molecule has 0 spiro atoms. The van der Waals surface area contributed by atoms with Gasteiger partial charge in [-0.2, -0.15) is 0 Å². The zero-order valence-corrected chi connectivity index (χ0v) is 10.5. The molecule has 0 aliphatic heterocycles. The minimum Gasteiger partial charge on any atom is -0.481 e. The molecule has 2 N–H and O–H groups in total. The number of anilines is 1. The standard InChI is InChI=1S/C15H12FNO3/c16-13-4-2-1-3-12(13)15(20)17-11-7-5-10(6-8-11)9-14(18)19/h1-8H,9H2,(H,17,20)(H,18,19). The van der Waals surface area contributed by atoms with Crippen molar-refractivity contribution in [3.8, 4) is 0 Å². The minimum absolute atomic E-state index is 0.0397. The summed E-state index contributed by atoms with van der Waals surface area (Å²) >= 11 is 0. The van der Waals surface area contributed by atoms with Crippen LogP contribution in [-0.4, -0.2) is 17.0 Å². The number of aliphatic carboxylic acids is 1. The number of benzene rings is 2. The van der Waals surface area contributed by atoms with E-state index in [-0.39, 0.29) is 12.0 Å². The van der Waals surface area contributed by atoms with E-state index in [1.165, 1.54) is 18.2 Å². The third-order valence-electron chi connectivity index (χ3n) is 2.69. The second kappa shape index (κ2) is 5.97. The SMILES string of the molecule is O=C(O)Cc1ccc(NC(=O)c2ccccc2F)cc1. The van der Waals surface area contributed by atoms with Gasteiger partial charge < -0.3 is 10.4 Å². The molecule has 0 aliphatic rings. The van der Waals surface area contributed by atoms with Crippen molar-refractivity contribution in [3.63, 3.8) is 0 Å². The van der Waals surface area contributed by atoms with Crippen molar-refractivity contribution >= 4 is 17.6 Å². The van der Waals surface area contributed by atoms with E-state index in [9.17, 15) is 14.0 Å². The average Bonchev–Trinajstić information content (AvgIpc) is 2.41. The molecule has 2 aromatic carbocycles. The van der Waals surface area contributed by atoms with Crippen LogP contribution < -0.4 is 5.32 Å². The smallest absolute Gasteiger partial charge is 0.307 e. The Hall–Kier alpha value is -2.69. The number of amides is 1. The summed E-state index contributed by atoms with van der Waals surface area (Å²) in [7, 11) is 0. The maximum Gasteiger partial charge on any atom is 0.307 e. The molecule has 0 heterocycles. The maximum atomic E-state index is 13.4. The van der Waals surface area contributed by atoms with Gasteiger partial charge in [0.1, 0.15) is 5.82 Å². The molecule has 0 aliphatic carbocycles. The summed E-state index contributed by atoms with van der Waals surface area (Å²) in [5.74, 6) is -2.06. The second-order valence-corrected chi connectivity index (χ2v) is 4.20.